The molecule has 3 nitrogen and oxygen atoms in total. The van der Waals surface area contributed by atoms with E-state index in [2.05, 4.69) is 38.0 Å². The highest BCUT2D eigenvalue weighted by Gasteiger charge is 2.25. The molecule has 0 aromatic rings. The van der Waals surface area contributed by atoms with Crippen molar-refractivity contribution in [1.82, 2.24) is 10.2 Å². The van der Waals surface area contributed by atoms with Crippen molar-refractivity contribution in [2.75, 3.05) is 26.7 Å². The van der Waals surface area contributed by atoms with Gasteiger partial charge in [-0.15, -0.1) is 0 Å². The van der Waals surface area contributed by atoms with Crippen molar-refractivity contribution in [3.63, 3.8) is 0 Å². The largest absolute Gasteiger partial charge is 0.377 e. The van der Waals surface area contributed by atoms with Crippen molar-refractivity contribution in [2.45, 2.75) is 71.1 Å². The van der Waals surface area contributed by atoms with E-state index in [1.807, 2.05) is 0 Å². The molecule has 1 heterocycles. The molecule has 0 bridgehead atoms. The number of likely N-dealkylation sites (N-methyl/N-ethyl adjacent to an activating group) is 2. The number of nitrogens with zero attached hydrogens (tertiary/aromatic N) is 1. The molecule has 0 aliphatic carbocycles. The fraction of sp³-hybridized carbons (Fsp3) is 1.00. The molecule has 3 atom stereocenters. The van der Waals surface area contributed by atoms with Gasteiger partial charge in [0.1, 0.15) is 0 Å². The topological polar surface area (TPSA) is 24.5 Å². The Bertz CT molecular complexity index is 199. The first kappa shape index (κ1) is 15.9. The smallest absolute Gasteiger partial charge is 0.0702 e. The van der Waals surface area contributed by atoms with Crippen LogP contribution in [0.1, 0.15) is 52.9 Å². The minimum absolute atomic E-state index is 0.466. The SMILES string of the molecule is CCCC(NCC)C(CC)N(C)CC1CCCO1. The summed E-state index contributed by atoms with van der Waals surface area (Å²) in [6.45, 7) is 9.89. The second-order valence-corrected chi connectivity index (χ2v) is 5.50. The zero-order valence-electron chi connectivity index (χ0n) is 12.7. The Morgan fingerprint density at radius 2 is 2.11 bits per heavy atom. The van der Waals surface area contributed by atoms with E-state index in [1.54, 1.807) is 0 Å². The third-order valence-electron chi connectivity index (χ3n) is 4.03. The highest BCUT2D eigenvalue weighted by molar-refractivity contribution is 4.83. The number of hydrogen-bond acceptors (Lipinski definition) is 3. The summed E-state index contributed by atoms with van der Waals surface area (Å²) in [6.07, 6.45) is 6.67. The lowest BCUT2D eigenvalue weighted by molar-refractivity contribution is 0.0589. The molecule has 0 aromatic carbocycles. The Balaban J connectivity index is 2.48. The van der Waals surface area contributed by atoms with Crippen molar-refractivity contribution in [1.29, 1.82) is 0 Å². The highest BCUT2D eigenvalue weighted by atomic mass is 16.5. The van der Waals surface area contributed by atoms with Gasteiger partial charge in [0.2, 0.25) is 0 Å². The Kier molecular flexibility index (Phi) is 7.87. The molecule has 1 N–H and O–H groups in total. The van der Waals surface area contributed by atoms with Gasteiger partial charge < -0.3 is 10.1 Å². The van der Waals surface area contributed by atoms with Gasteiger partial charge in [0.15, 0.2) is 0 Å². The van der Waals surface area contributed by atoms with Crippen LogP contribution in [0.25, 0.3) is 0 Å². The van der Waals surface area contributed by atoms with E-state index in [0.717, 1.165) is 19.7 Å². The Hall–Kier alpha value is -0.120. The van der Waals surface area contributed by atoms with E-state index >= 15 is 0 Å². The summed E-state index contributed by atoms with van der Waals surface area (Å²) < 4.78 is 5.76. The average Bonchev–Trinajstić information content (AvgIpc) is 2.83. The lowest BCUT2D eigenvalue weighted by Gasteiger charge is -2.35. The van der Waals surface area contributed by atoms with Crippen LogP contribution in [0.5, 0.6) is 0 Å². The fourth-order valence-corrected chi connectivity index (χ4v) is 3.15. The van der Waals surface area contributed by atoms with Gasteiger partial charge in [-0.1, -0.05) is 27.2 Å². The second kappa shape index (κ2) is 8.89. The zero-order valence-corrected chi connectivity index (χ0v) is 12.7. The molecule has 18 heavy (non-hydrogen) atoms. The molecule has 1 rings (SSSR count). The van der Waals surface area contributed by atoms with Crippen LogP contribution in [0.3, 0.4) is 0 Å². The zero-order chi connectivity index (χ0) is 13.4. The molecule has 0 aromatic heterocycles. The van der Waals surface area contributed by atoms with E-state index in [4.69, 9.17) is 4.74 Å². The number of rotatable bonds is 9. The van der Waals surface area contributed by atoms with Crippen LogP contribution >= 0.6 is 0 Å². The van der Waals surface area contributed by atoms with Gasteiger partial charge in [-0.25, -0.2) is 0 Å². The minimum atomic E-state index is 0.466. The first-order valence-corrected chi connectivity index (χ1v) is 7.78. The molecule has 108 valence electrons. The molecule has 3 heteroatoms. The van der Waals surface area contributed by atoms with Crippen LogP contribution < -0.4 is 5.32 Å². The fourth-order valence-electron chi connectivity index (χ4n) is 3.15. The Morgan fingerprint density at radius 3 is 2.61 bits per heavy atom. The number of nitrogens with one attached hydrogen (secondary N) is 1. The van der Waals surface area contributed by atoms with Crippen LogP contribution in [0.4, 0.5) is 0 Å². The molecular weight excluding hydrogens is 224 g/mol. The highest BCUT2D eigenvalue weighted by Crippen LogP contribution is 2.17. The van der Waals surface area contributed by atoms with Gasteiger partial charge >= 0.3 is 0 Å². The van der Waals surface area contributed by atoms with Crippen molar-refractivity contribution >= 4 is 0 Å². The van der Waals surface area contributed by atoms with Crippen molar-refractivity contribution in [2.24, 2.45) is 0 Å². The second-order valence-electron chi connectivity index (χ2n) is 5.50. The molecular formula is C15H32N2O. The summed E-state index contributed by atoms with van der Waals surface area (Å²) in [4.78, 5) is 2.51. The van der Waals surface area contributed by atoms with Crippen LogP contribution in [-0.4, -0.2) is 49.8 Å². The third kappa shape index (κ3) is 4.87. The van der Waals surface area contributed by atoms with Gasteiger partial charge in [0, 0.05) is 25.2 Å². The summed E-state index contributed by atoms with van der Waals surface area (Å²) in [7, 11) is 2.26. The maximum Gasteiger partial charge on any atom is 0.0702 e. The van der Waals surface area contributed by atoms with E-state index in [9.17, 15) is 0 Å². The van der Waals surface area contributed by atoms with Gasteiger partial charge in [0.05, 0.1) is 6.10 Å². The van der Waals surface area contributed by atoms with Gasteiger partial charge in [-0.2, -0.15) is 0 Å². The van der Waals surface area contributed by atoms with E-state index in [0.29, 0.717) is 18.2 Å². The van der Waals surface area contributed by atoms with E-state index in [1.165, 1.54) is 32.1 Å². The molecule has 0 amide bonds. The Labute approximate surface area is 113 Å². The average molecular weight is 256 g/mol. The van der Waals surface area contributed by atoms with Crippen molar-refractivity contribution < 1.29 is 4.74 Å². The van der Waals surface area contributed by atoms with E-state index < -0.39 is 0 Å². The maximum absolute atomic E-state index is 5.76. The maximum atomic E-state index is 5.76. The molecule has 0 radical (unpaired) electrons. The summed E-state index contributed by atoms with van der Waals surface area (Å²) in [5.41, 5.74) is 0. The number of ether oxygens (including phenoxy) is 1. The summed E-state index contributed by atoms with van der Waals surface area (Å²) >= 11 is 0. The lowest BCUT2D eigenvalue weighted by atomic mass is 9.99. The van der Waals surface area contributed by atoms with Gasteiger partial charge in [-0.3, -0.25) is 4.90 Å². The molecule has 1 fully saturated rings. The molecule has 1 saturated heterocycles. The summed E-state index contributed by atoms with van der Waals surface area (Å²) in [6, 6.07) is 1.26. The molecule has 0 saturated carbocycles. The normalized spacial score (nSPS) is 23.5. The number of hydrogen-bond donors (Lipinski definition) is 1. The standard InChI is InChI=1S/C15H32N2O/c1-5-9-14(16-7-3)15(6-2)17(4)12-13-10-8-11-18-13/h13-16H,5-12H2,1-4H3. The third-order valence-corrected chi connectivity index (χ3v) is 4.03. The van der Waals surface area contributed by atoms with Crippen LogP contribution in [0, 0.1) is 0 Å². The quantitative estimate of drug-likeness (QED) is 0.686. The summed E-state index contributed by atoms with van der Waals surface area (Å²) in [5.74, 6) is 0. The van der Waals surface area contributed by atoms with Gasteiger partial charge in [0.25, 0.3) is 0 Å². The first-order chi connectivity index (χ1) is 8.72. The predicted octanol–water partition coefficient (Wildman–Crippen LogP) is 2.65. The van der Waals surface area contributed by atoms with Crippen LogP contribution in [-0.2, 0) is 4.74 Å². The van der Waals surface area contributed by atoms with E-state index in [-0.39, 0.29) is 0 Å². The van der Waals surface area contributed by atoms with Crippen LogP contribution in [0.2, 0.25) is 0 Å². The Morgan fingerprint density at radius 1 is 1.33 bits per heavy atom. The predicted molar refractivity (Wildman–Crippen MR) is 78.1 cm³/mol. The minimum Gasteiger partial charge on any atom is -0.377 e. The van der Waals surface area contributed by atoms with Crippen molar-refractivity contribution in [3.8, 4) is 0 Å². The van der Waals surface area contributed by atoms with Gasteiger partial charge in [-0.05, 0) is 39.3 Å². The molecule has 3 unspecified atom stereocenters. The molecule has 0 spiro atoms. The molecule has 1 aliphatic heterocycles. The van der Waals surface area contributed by atoms with Crippen molar-refractivity contribution in [3.05, 3.63) is 0 Å². The molecule has 1 aliphatic rings. The lowest BCUT2D eigenvalue weighted by Crippen LogP contribution is -2.50. The first-order valence-electron chi connectivity index (χ1n) is 7.78. The van der Waals surface area contributed by atoms with Crippen LogP contribution in [0.15, 0.2) is 0 Å². The summed E-state index contributed by atoms with van der Waals surface area (Å²) in [5, 5.41) is 3.66. The monoisotopic (exact) mass is 256 g/mol.